The van der Waals surface area contributed by atoms with Crippen LogP contribution in [0.25, 0.3) is 0 Å². The minimum absolute atomic E-state index is 0.0462. The van der Waals surface area contributed by atoms with E-state index in [9.17, 15) is 14.4 Å². The van der Waals surface area contributed by atoms with Crippen LogP contribution < -0.4 is 15.5 Å². The lowest BCUT2D eigenvalue weighted by atomic mass is 9.95. The Morgan fingerprint density at radius 2 is 1.86 bits per heavy atom. The molecule has 1 saturated carbocycles. The van der Waals surface area contributed by atoms with Gasteiger partial charge in [-0.05, 0) is 43.3 Å². The van der Waals surface area contributed by atoms with Crippen molar-refractivity contribution >= 4 is 40.6 Å². The van der Waals surface area contributed by atoms with Gasteiger partial charge in [-0.25, -0.2) is 0 Å². The highest BCUT2D eigenvalue weighted by molar-refractivity contribution is 7.10. The Bertz CT molecular complexity index is 1120. The molecule has 3 aromatic rings. The van der Waals surface area contributed by atoms with Crippen LogP contribution in [0.15, 0.2) is 58.4 Å². The van der Waals surface area contributed by atoms with Crippen LogP contribution in [0.5, 0.6) is 0 Å². The largest absolute Gasteiger partial charge is 0.360 e. The third kappa shape index (κ3) is 6.57. The van der Waals surface area contributed by atoms with Gasteiger partial charge in [0.2, 0.25) is 17.7 Å². The lowest BCUT2D eigenvalue weighted by Crippen LogP contribution is -2.47. The van der Waals surface area contributed by atoms with E-state index in [2.05, 4.69) is 15.8 Å². The Morgan fingerprint density at radius 1 is 1.09 bits per heavy atom. The van der Waals surface area contributed by atoms with Crippen LogP contribution in [0, 0.1) is 6.92 Å². The third-order valence-electron chi connectivity index (χ3n) is 6.04. The molecule has 0 unspecified atom stereocenters. The van der Waals surface area contributed by atoms with Crippen LogP contribution in [0.3, 0.4) is 0 Å². The predicted molar refractivity (Wildman–Crippen MR) is 135 cm³/mol. The second-order valence-corrected chi connectivity index (χ2v) is 9.71. The molecule has 2 aromatic heterocycles. The smallest absolute Gasteiger partial charge is 0.248 e. The van der Waals surface area contributed by atoms with Gasteiger partial charge in [0, 0.05) is 35.5 Å². The number of hydrogen-bond donors (Lipinski definition) is 2. The third-order valence-corrected chi connectivity index (χ3v) is 6.96. The molecule has 2 N–H and O–H groups in total. The van der Waals surface area contributed by atoms with Crippen molar-refractivity contribution in [3.8, 4) is 0 Å². The fourth-order valence-electron chi connectivity index (χ4n) is 4.34. The molecule has 4 rings (SSSR count). The first kappa shape index (κ1) is 24.7. The first-order chi connectivity index (χ1) is 17.0. The number of thiophene rings is 1. The highest BCUT2D eigenvalue weighted by Crippen LogP contribution is 2.32. The number of benzene rings is 1. The summed E-state index contributed by atoms with van der Waals surface area (Å²) in [6, 6.07) is 13.8. The second-order valence-electron chi connectivity index (χ2n) is 8.73. The summed E-state index contributed by atoms with van der Waals surface area (Å²) in [7, 11) is 0. The summed E-state index contributed by atoms with van der Waals surface area (Å²) in [5.41, 5.74) is 0.613. The Balaban J connectivity index is 1.54. The standard InChI is InChI=1S/C26H30N4O4S/c1-18-17-22(29-34-18)28-23(31)14-15-24(32)30(20-11-6-3-7-12-20)25(21-13-8-16-35-21)26(33)27-19-9-4-2-5-10-19/h3,6-8,11-13,16-17,19,25H,2,4-5,9-10,14-15H2,1H3,(H,27,33)(H,28,29,31)/t25-/m1/s1. The van der Waals surface area contributed by atoms with E-state index in [1.54, 1.807) is 13.0 Å². The monoisotopic (exact) mass is 494 g/mol. The fraction of sp³-hybridized carbons (Fsp3) is 0.385. The summed E-state index contributed by atoms with van der Waals surface area (Å²) >= 11 is 1.44. The van der Waals surface area contributed by atoms with Crippen LogP contribution in [0.1, 0.15) is 61.6 Å². The molecule has 0 spiro atoms. The molecule has 0 radical (unpaired) electrons. The Hall–Kier alpha value is -3.46. The lowest BCUT2D eigenvalue weighted by molar-refractivity contribution is -0.127. The fourth-order valence-corrected chi connectivity index (χ4v) is 5.16. The number of aryl methyl sites for hydroxylation is 1. The summed E-state index contributed by atoms with van der Waals surface area (Å²) in [5, 5.41) is 11.5. The summed E-state index contributed by atoms with van der Waals surface area (Å²) in [6.07, 6.45) is 5.16. The van der Waals surface area contributed by atoms with E-state index >= 15 is 0 Å². The summed E-state index contributed by atoms with van der Waals surface area (Å²) < 4.78 is 4.97. The number of para-hydroxylation sites is 1. The van der Waals surface area contributed by atoms with E-state index < -0.39 is 6.04 Å². The SMILES string of the molecule is Cc1cc(NC(=O)CCC(=O)N(c2ccccc2)[C@@H](C(=O)NC2CCCCC2)c2cccs2)no1. The van der Waals surface area contributed by atoms with E-state index in [1.165, 1.54) is 22.7 Å². The molecule has 35 heavy (non-hydrogen) atoms. The van der Waals surface area contributed by atoms with Crippen molar-refractivity contribution in [1.29, 1.82) is 0 Å². The van der Waals surface area contributed by atoms with Gasteiger partial charge >= 0.3 is 0 Å². The number of carbonyl (C=O) groups is 3. The highest BCUT2D eigenvalue weighted by Gasteiger charge is 2.34. The van der Waals surface area contributed by atoms with Gasteiger partial charge in [-0.15, -0.1) is 11.3 Å². The van der Waals surface area contributed by atoms with Crippen molar-refractivity contribution in [2.24, 2.45) is 0 Å². The number of carbonyl (C=O) groups excluding carboxylic acids is 3. The number of aromatic nitrogens is 1. The molecular weight excluding hydrogens is 464 g/mol. The van der Waals surface area contributed by atoms with Crippen molar-refractivity contribution in [1.82, 2.24) is 10.5 Å². The number of anilines is 2. The van der Waals surface area contributed by atoms with Gasteiger partial charge in [0.05, 0.1) is 0 Å². The van der Waals surface area contributed by atoms with E-state index in [0.29, 0.717) is 17.3 Å². The Labute approximate surface area is 208 Å². The quantitative estimate of drug-likeness (QED) is 0.436. The average molecular weight is 495 g/mol. The van der Waals surface area contributed by atoms with Crippen molar-refractivity contribution in [3.05, 3.63) is 64.5 Å². The first-order valence-corrected chi connectivity index (χ1v) is 12.8. The maximum Gasteiger partial charge on any atom is 0.248 e. The topological polar surface area (TPSA) is 105 Å². The van der Waals surface area contributed by atoms with E-state index in [-0.39, 0.29) is 36.6 Å². The molecule has 1 aliphatic carbocycles. The first-order valence-electron chi connectivity index (χ1n) is 12.0. The summed E-state index contributed by atoms with van der Waals surface area (Å²) in [5.74, 6) is 0.0375. The maximum atomic E-state index is 13.6. The van der Waals surface area contributed by atoms with Gasteiger partial charge in [-0.3, -0.25) is 19.3 Å². The minimum Gasteiger partial charge on any atom is -0.360 e. The van der Waals surface area contributed by atoms with Gasteiger partial charge in [0.1, 0.15) is 11.8 Å². The molecule has 3 amide bonds. The Morgan fingerprint density at radius 3 is 2.51 bits per heavy atom. The Kier molecular flexibility index (Phi) is 8.31. The number of amides is 3. The van der Waals surface area contributed by atoms with E-state index in [4.69, 9.17) is 4.52 Å². The molecule has 1 aliphatic rings. The van der Waals surface area contributed by atoms with Crippen molar-refractivity contribution in [2.45, 2.75) is 64.0 Å². The van der Waals surface area contributed by atoms with Crippen LogP contribution in [-0.4, -0.2) is 28.9 Å². The summed E-state index contributed by atoms with van der Waals surface area (Å²) in [6.45, 7) is 1.73. The van der Waals surface area contributed by atoms with Gasteiger partial charge in [-0.2, -0.15) is 0 Å². The molecule has 184 valence electrons. The molecular formula is C26H30N4O4S. The minimum atomic E-state index is -0.812. The normalized spacial score (nSPS) is 14.8. The molecule has 2 heterocycles. The zero-order valence-corrected chi connectivity index (χ0v) is 20.6. The lowest BCUT2D eigenvalue weighted by Gasteiger charge is -2.32. The van der Waals surface area contributed by atoms with Crippen LogP contribution >= 0.6 is 11.3 Å². The van der Waals surface area contributed by atoms with Crippen LogP contribution in [-0.2, 0) is 14.4 Å². The highest BCUT2D eigenvalue weighted by atomic mass is 32.1. The molecule has 9 heteroatoms. The van der Waals surface area contributed by atoms with Gasteiger partial charge in [0.15, 0.2) is 5.82 Å². The number of hydrogen-bond acceptors (Lipinski definition) is 6. The zero-order chi connectivity index (χ0) is 24.6. The van der Waals surface area contributed by atoms with Gasteiger partial charge in [-0.1, -0.05) is 48.7 Å². The van der Waals surface area contributed by atoms with Crippen molar-refractivity contribution in [3.63, 3.8) is 0 Å². The van der Waals surface area contributed by atoms with E-state index in [1.807, 2.05) is 47.8 Å². The number of nitrogens with one attached hydrogen (secondary N) is 2. The number of nitrogens with zero attached hydrogens (tertiary/aromatic N) is 2. The average Bonchev–Trinajstić information content (AvgIpc) is 3.54. The molecule has 1 atom stereocenters. The van der Waals surface area contributed by atoms with Crippen molar-refractivity contribution in [2.75, 3.05) is 10.2 Å². The predicted octanol–water partition coefficient (Wildman–Crippen LogP) is 4.99. The molecule has 1 aromatic carbocycles. The van der Waals surface area contributed by atoms with E-state index in [0.717, 1.165) is 30.6 Å². The molecule has 0 aliphatic heterocycles. The molecule has 0 bridgehead atoms. The van der Waals surface area contributed by atoms with Crippen molar-refractivity contribution < 1.29 is 18.9 Å². The van der Waals surface area contributed by atoms with Gasteiger partial charge < -0.3 is 15.2 Å². The van der Waals surface area contributed by atoms with Crippen LogP contribution in [0.4, 0.5) is 11.5 Å². The second kappa shape index (κ2) is 11.8. The van der Waals surface area contributed by atoms with Gasteiger partial charge in [0.25, 0.3) is 0 Å². The summed E-state index contributed by atoms with van der Waals surface area (Å²) in [4.78, 5) is 41.9. The zero-order valence-electron chi connectivity index (χ0n) is 19.7. The number of rotatable bonds is 9. The van der Waals surface area contributed by atoms with Crippen LogP contribution in [0.2, 0.25) is 0 Å². The molecule has 8 nitrogen and oxygen atoms in total. The maximum absolute atomic E-state index is 13.6. The molecule has 0 saturated heterocycles. The molecule has 1 fully saturated rings.